The molecule has 1 heterocycles. The Hall–Kier alpha value is -2.96. The number of amides is 1. The van der Waals surface area contributed by atoms with Crippen molar-refractivity contribution in [3.8, 4) is 17.0 Å². The van der Waals surface area contributed by atoms with Gasteiger partial charge in [0.25, 0.3) is 0 Å². The van der Waals surface area contributed by atoms with Gasteiger partial charge in [-0.1, -0.05) is 24.3 Å². The molecule has 1 aromatic heterocycles. The van der Waals surface area contributed by atoms with Crippen molar-refractivity contribution in [2.75, 3.05) is 5.32 Å². The molecule has 0 fully saturated rings. The van der Waals surface area contributed by atoms with Crippen molar-refractivity contribution in [1.82, 2.24) is 4.98 Å². The third-order valence-electron chi connectivity index (χ3n) is 3.32. The van der Waals surface area contributed by atoms with E-state index >= 15 is 0 Å². The van der Waals surface area contributed by atoms with E-state index in [4.69, 9.17) is 0 Å². The van der Waals surface area contributed by atoms with Crippen LogP contribution in [0.1, 0.15) is 0 Å². The molecule has 0 radical (unpaired) electrons. The van der Waals surface area contributed by atoms with E-state index in [1.165, 1.54) is 12.1 Å². The average Bonchev–Trinajstić information content (AvgIpc) is 2.85. The van der Waals surface area contributed by atoms with Crippen LogP contribution < -0.4 is 5.32 Å². The normalized spacial score (nSPS) is 11.6. The second-order valence-corrected chi connectivity index (χ2v) is 4.99. The van der Waals surface area contributed by atoms with Crippen molar-refractivity contribution < 1.29 is 23.1 Å². The highest BCUT2D eigenvalue weighted by molar-refractivity contribution is 5.95. The molecular formula is C16H11F3N2O2. The van der Waals surface area contributed by atoms with E-state index in [0.717, 1.165) is 10.9 Å². The number of benzene rings is 2. The lowest BCUT2D eigenvalue weighted by atomic mass is 10.0. The number of rotatable bonds is 2. The molecule has 0 atom stereocenters. The van der Waals surface area contributed by atoms with Crippen LogP contribution in [0.3, 0.4) is 0 Å². The number of hydrogen-bond acceptors (Lipinski definition) is 2. The van der Waals surface area contributed by atoms with E-state index in [1.54, 1.807) is 36.4 Å². The van der Waals surface area contributed by atoms with Crippen LogP contribution in [0.2, 0.25) is 0 Å². The Morgan fingerprint density at radius 2 is 1.78 bits per heavy atom. The maximum Gasteiger partial charge on any atom is 0.471 e. The Kier molecular flexibility index (Phi) is 3.48. The van der Waals surface area contributed by atoms with Gasteiger partial charge in [0.1, 0.15) is 0 Å². The van der Waals surface area contributed by atoms with Crippen LogP contribution in [0.15, 0.2) is 48.5 Å². The monoisotopic (exact) mass is 320 g/mol. The number of carbonyl (C=O) groups excluding carboxylic acids is 1. The summed E-state index contributed by atoms with van der Waals surface area (Å²) in [5.41, 5.74) is 2.13. The van der Waals surface area contributed by atoms with Crippen LogP contribution in [0, 0.1) is 0 Å². The largest absolute Gasteiger partial charge is 0.495 e. The number of anilines is 1. The van der Waals surface area contributed by atoms with Gasteiger partial charge in [-0.15, -0.1) is 0 Å². The number of hydrogen-bond donors (Lipinski definition) is 3. The summed E-state index contributed by atoms with van der Waals surface area (Å²) in [6.07, 6.45) is -4.93. The zero-order chi connectivity index (χ0) is 16.6. The first-order valence-electron chi connectivity index (χ1n) is 6.63. The standard InChI is InChI=1S/C16H11F3N2O2/c17-16(18,19)15(23)20-12-3-1-2-9(6-12)10-4-5-11-8-14(22)21-13(11)7-10/h1-8,21-22H,(H,20,23). The first-order chi connectivity index (χ1) is 10.8. The molecular weight excluding hydrogens is 309 g/mol. The smallest absolute Gasteiger partial charge is 0.471 e. The van der Waals surface area contributed by atoms with Gasteiger partial charge in [0.2, 0.25) is 0 Å². The van der Waals surface area contributed by atoms with Crippen LogP contribution >= 0.6 is 0 Å². The predicted molar refractivity (Wildman–Crippen MR) is 80.1 cm³/mol. The SMILES string of the molecule is O=C(Nc1cccc(-c2ccc3cc(O)[nH]c3c2)c1)C(F)(F)F. The topological polar surface area (TPSA) is 65.1 Å². The summed E-state index contributed by atoms with van der Waals surface area (Å²) in [4.78, 5) is 13.8. The Morgan fingerprint density at radius 3 is 2.52 bits per heavy atom. The minimum absolute atomic E-state index is 0.0309. The fourth-order valence-corrected chi connectivity index (χ4v) is 2.27. The molecule has 0 spiro atoms. The molecule has 0 unspecified atom stereocenters. The fourth-order valence-electron chi connectivity index (χ4n) is 2.27. The van der Waals surface area contributed by atoms with Crippen molar-refractivity contribution in [3.63, 3.8) is 0 Å². The van der Waals surface area contributed by atoms with E-state index in [9.17, 15) is 23.1 Å². The molecule has 2 aromatic carbocycles. The third-order valence-corrected chi connectivity index (χ3v) is 3.32. The Morgan fingerprint density at radius 1 is 1.04 bits per heavy atom. The second-order valence-electron chi connectivity index (χ2n) is 4.99. The molecule has 1 amide bonds. The molecule has 0 aliphatic rings. The second kappa shape index (κ2) is 5.35. The van der Waals surface area contributed by atoms with E-state index in [0.29, 0.717) is 11.1 Å². The number of nitrogens with one attached hydrogen (secondary N) is 2. The van der Waals surface area contributed by atoms with E-state index in [1.807, 2.05) is 5.32 Å². The predicted octanol–water partition coefficient (Wildman–Crippen LogP) is 4.04. The lowest BCUT2D eigenvalue weighted by Gasteiger charge is -2.09. The highest BCUT2D eigenvalue weighted by atomic mass is 19.4. The Bertz CT molecular complexity index is 884. The van der Waals surface area contributed by atoms with Crippen molar-refractivity contribution in [2.45, 2.75) is 6.18 Å². The number of aromatic nitrogens is 1. The van der Waals surface area contributed by atoms with Crippen LogP contribution in [0.5, 0.6) is 5.88 Å². The summed E-state index contributed by atoms with van der Waals surface area (Å²) >= 11 is 0. The van der Waals surface area contributed by atoms with Crippen LogP contribution in [0.4, 0.5) is 18.9 Å². The zero-order valence-electron chi connectivity index (χ0n) is 11.6. The summed E-state index contributed by atoms with van der Waals surface area (Å²) in [6, 6.07) is 13.0. The molecule has 7 heteroatoms. The third kappa shape index (κ3) is 3.13. The van der Waals surface area contributed by atoms with Gasteiger partial charge in [-0.2, -0.15) is 13.2 Å². The van der Waals surface area contributed by atoms with Gasteiger partial charge in [0.05, 0.1) is 0 Å². The van der Waals surface area contributed by atoms with Gasteiger partial charge in [-0.05, 0) is 29.3 Å². The number of aromatic amines is 1. The number of aromatic hydroxyl groups is 1. The summed E-state index contributed by atoms with van der Waals surface area (Å²) < 4.78 is 36.9. The Labute approximate surface area is 128 Å². The van der Waals surface area contributed by atoms with Crippen molar-refractivity contribution in [2.24, 2.45) is 0 Å². The molecule has 0 aliphatic carbocycles. The van der Waals surface area contributed by atoms with Gasteiger partial charge in [0, 0.05) is 22.7 Å². The van der Waals surface area contributed by atoms with Crippen LogP contribution in [-0.4, -0.2) is 22.2 Å². The first kappa shape index (κ1) is 15.0. The van der Waals surface area contributed by atoms with Gasteiger partial charge >= 0.3 is 12.1 Å². The van der Waals surface area contributed by atoms with Gasteiger partial charge in [-0.3, -0.25) is 4.79 Å². The van der Waals surface area contributed by atoms with E-state index in [-0.39, 0.29) is 11.6 Å². The fraction of sp³-hybridized carbons (Fsp3) is 0.0625. The molecule has 3 rings (SSSR count). The first-order valence-corrected chi connectivity index (χ1v) is 6.63. The van der Waals surface area contributed by atoms with Crippen molar-refractivity contribution in [3.05, 3.63) is 48.5 Å². The van der Waals surface area contributed by atoms with Gasteiger partial charge in [-0.25, -0.2) is 0 Å². The zero-order valence-corrected chi connectivity index (χ0v) is 11.6. The molecule has 23 heavy (non-hydrogen) atoms. The van der Waals surface area contributed by atoms with E-state index < -0.39 is 12.1 Å². The molecule has 0 bridgehead atoms. The lowest BCUT2D eigenvalue weighted by Crippen LogP contribution is -2.29. The van der Waals surface area contributed by atoms with Crippen molar-refractivity contribution >= 4 is 22.5 Å². The number of alkyl halides is 3. The molecule has 3 aromatic rings. The van der Waals surface area contributed by atoms with Crippen LogP contribution in [0.25, 0.3) is 22.0 Å². The summed E-state index contributed by atoms with van der Waals surface area (Å²) in [7, 11) is 0. The summed E-state index contributed by atoms with van der Waals surface area (Å²) in [6.45, 7) is 0. The lowest BCUT2D eigenvalue weighted by molar-refractivity contribution is -0.167. The average molecular weight is 320 g/mol. The van der Waals surface area contributed by atoms with E-state index in [2.05, 4.69) is 4.98 Å². The highest BCUT2D eigenvalue weighted by Gasteiger charge is 2.38. The molecule has 0 saturated carbocycles. The Balaban J connectivity index is 1.93. The minimum Gasteiger partial charge on any atom is -0.495 e. The van der Waals surface area contributed by atoms with Crippen LogP contribution in [-0.2, 0) is 4.79 Å². The summed E-state index contributed by atoms with van der Waals surface area (Å²) in [5, 5.41) is 12.1. The van der Waals surface area contributed by atoms with Crippen molar-refractivity contribution in [1.29, 1.82) is 0 Å². The minimum atomic E-state index is -4.93. The molecule has 0 saturated heterocycles. The maximum atomic E-state index is 12.3. The number of carbonyl (C=O) groups is 1. The summed E-state index contributed by atoms with van der Waals surface area (Å²) in [5.74, 6) is -1.98. The maximum absolute atomic E-state index is 12.3. The number of fused-ring (bicyclic) bond motifs is 1. The molecule has 118 valence electrons. The number of H-pyrrole nitrogens is 1. The van der Waals surface area contributed by atoms with Gasteiger partial charge < -0.3 is 15.4 Å². The quantitative estimate of drug-likeness (QED) is 0.667. The van der Waals surface area contributed by atoms with Gasteiger partial charge in [0.15, 0.2) is 5.88 Å². The molecule has 0 aliphatic heterocycles. The molecule has 4 nitrogen and oxygen atoms in total. The number of halogens is 3. The molecule has 3 N–H and O–H groups in total. The highest BCUT2D eigenvalue weighted by Crippen LogP contribution is 2.28.